The molecule has 1 saturated heterocycles. The lowest BCUT2D eigenvalue weighted by Gasteiger charge is -2.12. The van der Waals surface area contributed by atoms with Gasteiger partial charge in [-0.15, -0.1) is 0 Å². The highest BCUT2D eigenvalue weighted by molar-refractivity contribution is 5.96. The molecule has 1 aliphatic heterocycles. The number of methoxy groups -OCH3 is 1. The third-order valence-corrected chi connectivity index (χ3v) is 4.24. The van der Waals surface area contributed by atoms with E-state index in [1.165, 1.54) is 19.2 Å². The van der Waals surface area contributed by atoms with Gasteiger partial charge < -0.3 is 19.5 Å². The number of carbonyl (C=O) groups excluding carboxylic acids is 1. The lowest BCUT2D eigenvalue weighted by Crippen LogP contribution is -2.23. The Kier molecular flexibility index (Phi) is 6.07. The second kappa shape index (κ2) is 8.67. The number of halogens is 1. The Morgan fingerprint density at radius 1 is 1.27 bits per heavy atom. The van der Waals surface area contributed by atoms with Crippen molar-refractivity contribution in [3.8, 4) is 11.5 Å². The summed E-state index contributed by atoms with van der Waals surface area (Å²) < 4.78 is 29.7. The van der Waals surface area contributed by atoms with Gasteiger partial charge in [-0.25, -0.2) is 4.39 Å². The highest BCUT2D eigenvalue weighted by Gasteiger charge is 2.16. The van der Waals surface area contributed by atoms with Gasteiger partial charge >= 0.3 is 0 Å². The van der Waals surface area contributed by atoms with E-state index in [2.05, 4.69) is 5.32 Å². The first kappa shape index (κ1) is 18.2. The zero-order valence-corrected chi connectivity index (χ0v) is 14.7. The van der Waals surface area contributed by atoms with Gasteiger partial charge in [-0.1, -0.05) is 12.1 Å². The molecule has 1 fully saturated rings. The standard InChI is InChI=1S/C20H22FNO4/c1-24-19-9-6-15(21)11-18(19)20(23)22-12-14-4-7-16(8-5-14)26-13-17-3-2-10-25-17/h4-9,11,17H,2-3,10,12-13H2,1H3,(H,22,23). The predicted molar refractivity (Wildman–Crippen MR) is 95.0 cm³/mol. The first-order valence-electron chi connectivity index (χ1n) is 8.61. The van der Waals surface area contributed by atoms with Crippen LogP contribution in [0.1, 0.15) is 28.8 Å². The molecule has 1 aliphatic rings. The average molecular weight is 359 g/mol. The molecule has 0 spiro atoms. The molecule has 1 amide bonds. The fourth-order valence-electron chi connectivity index (χ4n) is 2.80. The van der Waals surface area contributed by atoms with E-state index in [0.717, 1.165) is 36.8 Å². The maximum Gasteiger partial charge on any atom is 0.255 e. The van der Waals surface area contributed by atoms with Crippen molar-refractivity contribution in [1.82, 2.24) is 5.32 Å². The van der Waals surface area contributed by atoms with Gasteiger partial charge in [0, 0.05) is 13.2 Å². The smallest absolute Gasteiger partial charge is 0.255 e. The van der Waals surface area contributed by atoms with Crippen LogP contribution >= 0.6 is 0 Å². The normalized spacial score (nSPS) is 16.3. The van der Waals surface area contributed by atoms with Gasteiger partial charge in [0.05, 0.1) is 18.8 Å². The van der Waals surface area contributed by atoms with E-state index in [1.54, 1.807) is 0 Å². The number of amides is 1. The van der Waals surface area contributed by atoms with Crippen molar-refractivity contribution in [2.45, 2.75) is 25.5 Å². The molecule has 0 bridgehead atoms. The molecular weight excluding hydrogens is 337 g/mol. The molecule has 0 aromatic heterocycles. The highest BCUT2D eigenvalue weighted by atomic mass is 19.1. The molecule has 5 nitrogen and oxygen atoms in total. The fraction of sp³-hybridized carbons (Fsp3) is 0.350. The Balaban J connectivity index is 1.52. The molecule has 26 heavy (non-hydrogen) atoms. The number of rotatable bonds is 7. The summed E-state index contributed by atoms with van der Waals surface area (Å²) in [6.07, 6.45) is 2.30. The Bertz CT molecular complexity index is 742. The van der Waals surface area contributed by atoms with E-state index in [0.29, 0.717) is 18.9 Å². The van der Waals surface area contributed by atoms with Crippen LogP contribution in [0.5, 0.6) is 11.5 Å². The van der Waals surface area contributed by atoms with Crippen molar-refractivity contribution in [2.75, 3.05) is 20.3 Å². The average Bonchev–Trinajstić information content (AvgIpc) is 3.19. The van der Waals surface area contributed by atoms with Gasteiger partial charge in [0.25, 0.3) is 5.91 Å². The van der Waals surface area contributed by atoms with E-state index < -0.39 is 5.82 Å². The van der Waals surface area contributed by atoms with Gasteiger partial charge in [-0.3, -0.25) is 4.79 Å². The molecular formula is C20H22FNO4. The van der Waals surface area contributed by atoms with Crippen molar-refractivity contribution >= 4 is 5.91 Å². The summed E-state index contributed by atoms with van der Waals surface area (Å²) in [5, 5.41) is 2.77. The Morgan fingerprint density at radius 2 is 2.08 bits per heavy atom. The largest absolute Gasteiger partial charge is 0.496 e. The van der Waals surface area contributed by atoms with Crippen LogP contribution in [0.4, 0.5) is 4.39 Å². The molecule has 1 heterocycles. The molecule has 0 aliphatic carbocycles. The third kappa shape index (κ3) is 4.73. The van der Waals surface area contributed by atoms with Crippen LogP contribution in [0.25, 0.3) is 0 Å². The Morgan fingerprint density at radius 3 is 2.77 bits per heavy atom. The highest BCUT2D eigenvalue weighted by Crippen LogP contribution is 2.20. The monoisotopic (exact) mass is 359 g/mol. The van der Waals surface area contributed by atoms with Crippen LogP contribution in [0.2, 0.25) is 0 Å². The summed E-state index contributed by atoms with van der Waals surface area (Å²) in [6.45, 7) is 1.68. The van der Waals surface area contributed by atoms with E-state index in [-0.39, 0.29) is 17.6 Å². The number of hydrogen-bond donors (Lipinski definition) is 1. The molecule has 1 unspecified atom stereocenters. The quantitative estimate of drug-likeness (QED) is 0.824. The van der Waals surface area contributed by atoms with Crippen LogP contribution in [0, 0.1) is 5.82 Å². The number of ether oxygens (including phenoxy) is 3. The summed E-state index contributed by atoms with van der Waals surface area (Å²) >= 11 is 0. The zero-order chi connectivity index (χ0) is 18.4. The summed E-state index contributed by atoms with van der Waals surface area (Å²) in [6, 6.07) is 11.3. The molecule has 138 valence electrons. The van der Waals surface area contributed by atoms with E-state index >= 15 is 0 Å². The molecule has 0 radical (unpaired) electrons. The lowest BCUT2D eigenvalue weighted by molar-refractivity contribution is 0.0679. The molecule has 3 rings (SSSR count). The van der Waals surface area contributed by atoms with Gasteiger partial charge in [-0.2, -0.15) is 0 Å². The van der Waals surface area contributed by atoms with Gasteiger partial charge in [0.15, 0.2) is 0 Å². The number of nitrogens with one attached hydrogen (secondary N) is 1. The molecule has 1 N–H and O–H groups in total. The van der Waals surface area contributed by atoms with Gasteiger partial charge in [0.1, 0.15) is 23.9 Å². The van der Waals surface area contributed by atoms with Crippen LogP contribution in [-0.4, -0.2) is 32.3 Å². The minimum Gasteiger partial charge on any atom is -0.496 e. The van der Waals surface area contributed by atoms with Crippen LogP contribution in [0.3, 0.4) is 0 Å². The number of hydrogen-bond acceptors (Lipinski definition) is 4. The molecule has 0 saturated carbocycles. The number of benzene rings is 2. The van der Waals surface area contributed by atoms with Crippen molar-refractivity contribution < 1.29 is 23.4 Å². The first-order valence-corrected chi connectivity index (χ1v) is 8.61. The SMILES string of the molecule is COc1ccc(F)cc1C(=O)NCc1ccc(OCC2CCCO2)cc1. The van der Waals surface area contributed by atoms with Crippen molar-refractivity contribution in [3.63, 3.8) is 0 Å². The van der Waals surface area contributed by atoms with Crippen LogP contribution < -0.4 is 14.8 Å². The topological polar surface area (TPSA) is 56.8 Å². The Labute approximate surface area is 152 Å². The summed E-state index contributed by atoms with van der Waals surface area (Å²) in [7, 11) is 1.44. The molecule has 1 atom stereocenters. The van der Waals surface area contributed by atoms with Crippen molar-refractivity contribution in [1.29, 1.82) is 0 Å². The molecule has 2 aromatic rings. The van der Waals surface area contributed by atoms with Crippen molar-refractivity contribution in [2.24, 2.45) is 0 Å². The fourth-order valence-corrected chi connectivity index (χ4v) is 2.80. The second-order valence-electron chi connectivity index (χ2n) is 6.12. The minimum atomic E-state index is -0.483. The van der Waals surface area contributed by atoms with Gasteiger partial charge in [0.2, 0.25) is 0 Å². The van der Waals surface area contributed by atoms with Crippen LogP contribution in [0.15, 0.2) is 42.5 Å². The number of carbonyl (C=O) groups is 1. The maximum absolute atomic E-state index is 13.4. The summed E-state index contributed by atoms with van der Waals surface area (Å²) in [5.74, 6) is 0.230. The second-order valence-corrected chi connectivity index (χ2v) is 6.12. The maximum atomic E-state index is 13.4. The summed E-state index contributed by atoms with van der Waals surface area (Å²) in [5.41, 5.74) is 1.09. The van der Waals surface area contributed by atoms with E-state index in [9.17, 15) is 9.18 Å². The minimum absolute atomic E-state index is 0.170. The predicted octanol–water partition coefficient (Wildman–Crippen LogP) is 3.32. The van der Waals surface area contributed by atoms with Crippen LogP contribution in [-0.2, 0) is 11.3 Å². The lowest BCUT2D eigenvalue weighted by atomic mass is 10.1. The first-order chi connectivity index (χ1) is 12.7. The van der Waals surface area contributed by atoms with Crippen molar-refractivity contribution in [3.05, 3.63) is 59.4 Å². The summed E-state index contributed by atoms with van der Waals surface area (Å²) in [4.78, 5) is 12.3. The van der Waals surface area contributed by atoms with E-state index in [1.807, 2.05) is 24.3 Å². The van der Waals surface area contributed by atoms with E-state index in [4.69, 9.17) is 14.2 Å². The van der Waals surface area contributed by atoms with Gasteiger partial charge in [-0.05, 0) is 48.7 Å². The molecule has 6 heteroatoms. The molecule has 2 aromatic carbocycles. The Hall–Kier alpha value is -2.60. The zero-order valence-electron chi connectivity index (χ0n) is 14.7. The third-order valence-electron chi connectivity index (χ3n) is 4.24.